The lowest BCUT2D eigenvalue weighted by Crippen LogP contribution is -2.23. The van der Waals surface area contributed by atoms with E-state index >= 15 is 0 Å². The van der Waals surface area contributed by atoms with Crippen molar-refractivity contribution in [2.75, 3.05) is 7.11 Å². The molecule has 0 saturated heterocycles. The number of rotatable bonds is 2. The van der Waals surface area contributed by atoms with Crippen LogP contribution in [0.1, 0.15) is 17.2 Å². The molecule has 0 aliphatic carbocycles. The molecular weight excluding hydrogens is 223 g/mol. The number of ether oxygens (including phenoxy) is 1. The van der Waals surface area contributed by atoms with E-state index in [1.807, 2.05) is 0 Å². The number of methoxy groups -OCH3 is 1. The molecule has 0 fully saturated rings. The van der Waals surface area contributed by atoms with Gasteiger partial charge in [-0.25, -0.2) is 0 Å². The van der Waals surface area contributed by atoms with Crippen molar-refractivity contribution in [3.8, 4) is 0 Å². The second-order valence-electron chi connectivity index (χ2n) is 3.12. The maximum atomic E-state index is 12.4. The normalized spacial score (nSPS) is 13.3. The van der Waals surface area contributed by atoms with Crippen molar-refractivity contribution in [1.82, 2.24) is 0 Å². The van der Waals surface area contributed by atoms with Crippen LogP contribution in [0, 0.1) is 0 Å². The number of nitrogens with two attached hydrogens (primary N) is 1. The summed E-state index contributed by atoms with van der Waals surface area (Å²) in [4.78, 5) is 11.0. The summed E-state index contributed by atoms with van der Waals surface area (Å²) in [5.41, 5.74) is 4.65. The molecule has 0 radical (unpaired) electrons. The molecule has 0 bridgehead atoms. The molecule has 1 atom stereocenters. The number of hydrogen-bond acceptors (Lipinski definition) is 3. The third-order valence-corrected chi connectivity index (χ3v) is 2.03. The monoisotopic (exact) mass is 233 g/mol. The zero-order valence-corrected chi connectivity index (χ0v) is 8.41. The van der Waals surface area contributed by atoms with Gasteiger partial charge in [-0.05, 0) is 17.7 Å². The Hall–Kier alpha value is -1.56. The Morgan fingerprint density at radius 1 is 1.44 bits per heavy atom. The molecule has 88 valence electrons. The van der Waals surface area contributed by atoms with Crippen LogP contribution in [0.2, 0.25) is 0 Å². The minimum Gasteiger partial charge on any atom is -0.468 e. The first-order valence-corrected chi connectivity index (χ1v) is 4.37. The molecule has 0 spiro atoms. The summed E-state index contributed by atoms with van der Waals surface area (Å²) < 4.78 is 41.4. The van der Waals surface area contributed by atoms with Crippen molar-refractivity contribution in [2.24, 2.45) is 5.73 Å². The van der Waals surface area contributed by atoms with Crippen LogP contribution < -0.4 is 5.73 Å². The van der Waals surface area contributed by atoms with Gasteiger partial charge in [-0.1, -0.05) is 12.1 Å². The van der Waals surface area contributed by atoms with Crippen molar-refractivity contribution in [3.05, 3.63) is 35.4 Å². The van der Waals surface area contributed by atoms with Crippen molar-refractivity contribution in [1.29, 1.82) is 0 Å². The SMILES string of the molecule is COC(=O)[C@H](N)c1cccc(C(F)(F)F)c1. The summed E-state index contributed by atoms with van der Waals surface area (Å²) in [7, 11) is 1.12. The highest BCUT2D eigenvalue weighted by atomic mass is 19.4. The van der Waals surface area contributed by atoms with Crippen LogP contribution in [0.15, 0.2) is 24.3 Å². The average Bonchev–Trinajstić information content (AvgIpc) is 2.26. The molecule has 1 aromatic carbocycles. The molecule has 0 amide bonds. The van der Waals surface area contributed by atoms with E-state index in [2.05, 4.69) is 4.74 Å². The highest BCUT2D eigenvalue weighted by molar-refractivity contribution is 5.77. The van der Waals surface area contributed by atoms with Crippen molar-refractivity contribution in [3.63, 3.8) is 0 Å². The number of carbonyl (C=O) groups is 1. The molecule has 3 nitrogen and oxygen atoms in total. The van der Waals surface area contributed by atoms with Crippen LogP contribution in [0.5, 0.6) is 0 Å². The lowest BCUT2D eigenvalue weighted by atomic mass is 10.0. The van der Waals surface area contributed by atoms with Crippen LogP contribution in [0.25, 0.3) is 0 Å². The Labute approximate surface area is 90.0 Å². The summed E-state index contributed by atoms with van der Waals surface area (Å²) in [6, 6.07) is 3.08. The predicted molar refractivity (Wildman–Crippen MR) is 50.4 cm³/mol. The van der Waals surface area contributed by atoms with E-state index in [1.54, 1.807) is 0 Å². The number of hydrogen-bond donors (Lipinski definition) is 1. The van der Waals surface area contributed by atoms with Gasteiger partial charge in [0.25, 0.3) is 0 Å². The van der Waals surface area contributed by atoms with Crippen LogP contribution in [0.4, 0.5) is 13.2 Å². The van der Waals surface area contributed by atoms with Gasteiger partial charge < -0.3 is 10.5 Å². The molecule has 0 heterocycles. The summed E-state index contributed by atoms with van der Waals surface area (Å²) >= 11 is 0. The van der Waals surface area contributed by atoms with Gasteiger partial charge in [0, 0.05) is 0 Å². The summed E-state index contributed by atoms with van der Waals surface area (Å²) in [6.45, 7) is 0. The van der Waals surface area contributed by atoms with E-state index in [4.69, 9.17) is 5.73 Å². The van der Waals surface area contributed by atoms with E-state index in [1.165, 1.54) is 12.1 Å². The highest BCUT2D eigenvalue weighted by Crippen LogP contribution is 2.30. The quantitative estimate of drug-likeness (QED) is 0.793. The highest BCUT2D eigenvalue weighted by Gasteiger charge is 2.31. The molecule has 6 heteroatoms. The maximum absolute atomic E-state index is 12.4. The van der Waals surface area contributed by atoms with Crippen LogP contribution in [-0.2, 0) is 15.7 Å². The molecule has 1 rings (SSSR count). The number of benzene rings is 1. The Balaban J connectivity index is 3.04. The third kappa shape index (κ3) is 2.73. The molecule has 0 unspecified atom stereocenters. The largest absolute Gasteiger partial charge is 0.468 e. The fourth-order valence-electron chi connectivity index (χ4n) is 1.17. The van der Waals surface area contributed by atoms with Gasteiger partial charge in [-0.3, -0.25) is 4.79 Å². The van der Waals surface area contributed by atoms with Crippen LogP contribution >= 0.6 is 0 Å². The zero-order chi connectivity index (χ0) is 12.3. The topological polar surface area (TPSA) is 52.3 Å². The van der Waals surface area contributed by atoms with Gasteiger partial charge in [-0.2, -0.15) is 13.2 Å². The van der Waals surface area contributed by atoms with E-state index in [0.29, 0.717) is 0 Å². The number of alkyl halides is 3. The van der Waals surface area contributed by atoms with Gasteiger partial charge in [0.2, 0.25) is 0 Å². The lowest BCUT2D eigenvalue weighted by Gasteiger charge is -2.12. The fourth-order valence-corrected chi connectivity index (χ4v) is 1.17. The first-order chi connectivity index (χ1) is 7.36. The number of esters is 1. The van der Waals surface area contributed by atoms with Crippen LogP contribution in [-0.4, -0.2) is 13.1 Å². The number of carbonyl (C=O) groups excluding carboxylic acids is 1. The Morgan fingerprint density at radius 3 is 2.56 bits per heavy atom. The molecule has 0 aliphatic rings. The fraction of sp³-hybridized carbons (Fsp3) is 0.300. The Kier molecular flexibility index (Phi) is 3.54. The molecule has 2 N–H and O–H groups in total. The Morgan fingerprint density at radius 2 is 2.06 bits per heavy atom. The van der Waals surface area contributed by atoms with E-state index < -0.39 is 23.8 Å². The van der Waals surface area contributed by atoms with Crippen molar-refractivity contribution in [2.45, 2.75) is 12.2 Å². The maximum Gasteiger partial charge on any atom is 0.416 e. The molecule has 16 heavy (non-hydrogen) atoms. The third-order valence-electron chi connectivity index (χ3n) is 2.03. The first kappa shape index (κ1) is 12.5. The Bertz CT molecular complexity index is 390. The minimum atomic E-state index is -4.45. The first-order valence-electron chi connectivity index (χ1n) is 4.37. The molecule has 1 aromatic rings. The zero-order valence-electron chi connectivity index (χ0n) is 8.41. The van der Waals surface area contributed by atoms with E-state index in [0.717, 1.165) is 19.2 Å². The summed E-state index contributed by atoms with van der Waals surface area (Å²) in [5, 5.41) is 0. The van der Waals surface area contributed by atoms with Gasteiger partial charge in [0.05, 0.1) is 12.7 Å². The smallest absolute Gasteiger partial charge is 0.416 e. The molecule has 0 aromatic heterocycles. The molecular formula is C10H10F3NO2. The van der Waals surface area contributed by atoms with Gasteiger partial charge in [0.15, 0.2) is 0 Å². The number of halogens is 3. The minimum absolute atomic E-state index is 0.0710. The second-order valence-corrected chi connectivity index (χ2v) is 3.12. The molecule has 0 aliphatic heterocycles. The van der Waals surface area contributed by atoms with Crippen molar-refractivity contribution >= 4 is 5.97 Å². The standard InChI is InChI=1S/C10H10F3NO2/c1-16-9(15)8(14)6-3-2-4-7(5-6)10(11,12)13/h2-5,8H,14H2,1H3/t8-/m1/s1. The second kappa shape index (κ2) is 4.52. The average molecular weight is 233 g/mol. The van der Waals surface area contributed by atoms with E-state index in [9.17, 15) is 18.0 Å². The van der Waals surface area contributed by atoms with Crippen molar-refractivity contribution < 1.29 is 22.7 Å². The van der Waals surface area contributed by atoms with Gasteiger partial charge in [0.1, 0.15) is 6.04 Å². The summed E-state index contributed by atoms with van der Waals surface area (Å²) in [5.74, 6) is -0.778. The van der Waals surface area contributed by atoms with Gasteiger partial charge in [-0.15, -0.1) is 0 Å². The van der Waals surface area contributed by atoms with Crippen LogP contribution in [0.3, 0.4) is 0 Å². The predicted octanol–water partition coefficient (Wildman–Crippen LogP) is 1.88. The van der Waals surface area contributed by atoms with Gasteiger partial charge >= 0.3 is 12.1 Å². The summed E-state index contributed by atoms with van der Waals surface area (Å²) in [6.07, 6.45) is -4.45. The van der Waals surface area contributed by atoms with E-state index in [-0.39, 0.29) is 5.56 Å². The molecule has 0 saturated carbocycles. The lowest BCUT2D eigenvalue weighted by molar-refractivity contribution is -0.143.